The standard InChI is InChI=1S/C28H34N2O3S/c1-33-26-15-9-14-24(20-26)28(21-29-34(2,31)32)18-16-25(17-19-28)30-27(22-10-5-3-6-11-22)23-12-7-4-8-13-23/h3-15,20,25,27,29-30H,16-19,21H2,1-2H3. The van der Waals surface area contributed by atoms with Gasteiger partial charge in [0.15, 0.2) is 0 Å². The third-order valence-corrected chi connectivity index (χ3v) is 7.63. The lowest BCUT2D eigenvalue weighted by molar-refractivity contribution is 0.239. The van der Waals surface area contributed by atoms with Crippen LogP contribution in [0.3, 0.4) is 0 Å². The molecule has 6 heteroatoms. The summed E-state index contributed by atoms with van der Waals surface area (Å²) in [4.78, 5) is 0. The van der Waals surface area contributed by atoms with Gasteiger partial charge in [0.1, 0.15) is 5.75 Å². The molecule has 1 aliphatic carbocycles. The van der Waals surface area contributed by atoms with E-state index in [1.165, 1.54) is 17.4 Å². The summed E-state index contributed by atoms with van der Waals surface area (Å²) in [7, 11) is -1.63. The van der Waals surface area contributed by atoms with E-state index < -0.39 is 10.0 Å². The lowest BCUT2D eigenvalue weighted by atomic mass is 9.68. The zero-order valence-corrected chi connectivity index (χ0v) is 20.7. The Kier molecular flexibility index (Phi) is 7.71. The third-order valence-electron chi connectivity index (χ3n) is 6.97. The Morgan fingerprint density at radius 3 is 2.03 bits per heavy atom. The van der Waals surface area contributed by atoms with Gasteiger partial charge in [0.2, 0.25) is 10.0 Å². The lowest BCUT2D eigenvalue weighted by Crippen LogP contribution is -2.47. The van der Waals surface area contributed by atoms with Gasteiger partial charge < -0.3 is 10.1 Å². The molecule has 3 aromatic carbocycles. The molecular weight excluding hydrogens is 444 g/mol. The number of hydrogen-bond donors (Lipinski definition) is 2. The van der Waals surface area contributed by atoms with Crippen LogP contribution in [0.15, 0.2) is 84.9 Å². The number of methoxy groups -OCH3 is 1. The quantitative estimate of drug-likeness (QED) is 0.463. The molecule has 0 amide bonds. The first kappa shape index (κ1) is 24.5. The molecule has 5 nitrogen and oxygen atoms in total. The van der Waals surface area contributed by atoms with Crippen LogP contribution in [0.4, 0.5) is 0 Å². The highest BCUT2D eigenvalue weighted by molar-refractivity contribution is 7.88. The van der Waals surface area contributed by atoms with Crippen LogP contribution < -0.4 is 14.8 Å². The summed E-state index contributed by atoms with van der Waals surface area (Å²) in [5.74, 6) is 0.796. The van der Waals surface area contributed by atoms with E-state index in [1.807, 2.05) is 24.3 Å². The normalized spacial score (nSPS) is 20.9. The van der Waals surface area contributed by atoms with Gasteiger partial charge in [0, 0.05) is 18.0 Å². The van der Waals surface area contributed by atoms with Crippen molar-refractivity contribution in [2.75, 3.05) is 19.9 Å². The highest BCUT2D eigenvalue weighted by atomic mass is 32.2. The van der Waals surface area contributed by atoms with E-state index in [1.54, 1.807) is 7.11 Å². The number of hydrogen-bond acceptors (Lipinski definition) is 4. The van der Waals surface area contributed by atoms with Gasteiger partial charge in [-0.15, -0.1) is 0 Å². The zero-order chi connectivity index (χ0) is 24.0. The molecule has 180 valence electrons. The minimum Gasteiger partial charge on any atom is -0.497 e. The average molecular weight is 479 g/mol. The monoisotopic (exact) mass is 478 g/mol. The fourth-order valence-electron chi connectivity index (χ4n) is 5.04. The number of nitrogens with one attached hydrogen (secondary N) is 2. The number of rotatable bonds is 9. The van der Waals surface area contributed by atoms with Crippen LogP contribution in [0.2, 0.25) is 0 Å². The predicted molar refractivity (Wildman–Crippen MR) is 138 cm³/mol. The van der Waals surface area contributed by atoms with Crippen molar-refractivity contribution < 1.29 is 13.2 Å². The maximum Gasteiger partial charge on any atom is 0.208 e. The maximum atomic E-state index is 11.9. The van der Waals surface area contributed by atoms with Gasteiger partial charge in [0.05, 0.1) is 19.4 Å². The fourth-order valence-corrected chi connectivity index (χ4v) is 5.58. The Hall–Kier alpha value is -2.67. The van der Waals surface area contributed by atoms with Gasteiger partial charge in [-0.2, -0.15) is 0 Å². The second-order valence-electron chi connectivity index (χ2n) is 9.30. The molecule has 0 heterocycles. The van der Waals surface area contributed by atoms with Crippen LogP contribution in [0.1, 0.15) is 48.4 Å². The van der Waals surface area contributed by atoms with Crippen molar-refractivity contribution in [2.24, 2.45) is 0 Å². The van der Waals surface area contributed by atoms with Crippen LogP contribution in [-0.2, 0) is 15.4 Å². The molecule has 3 aromatic rings. The summed E-state index contributed by atoms with van der Waals surface area (Å²) in [5, 5.41) is 3.91. The minimum atomic E-state index is -3.29. The lowest BCUT2D eigenvalue weighted by Gasteiger charge is -2.42. The molecule has 0 atom stereocenters. The summed E-state index contributed by atoms with van der Waals surface area (Å²) in [6, 6.07) is 29.6. The highest BCUT2D eigenvalue weighted by Gasteiger charge is 2.38. The Balaban J connectivity index is 1.55. The van der Waals surface area contributed by atoms with Gasteiger partial charge in [0.25, 0.3) is 0 Å². The second kappa shape index (κ2) is 10.7. The molecule has 2 N–H and O–H groups in total. The van der Waals surface area contributed by atoms with Gasteiger partial charge in [-0.1, -0.05) is 72.8 Å². The van der Waals surface area contributed by atoms with Crippen LogP contribution in [0.5, 0.6) is 5.75 Å². The summed E-state index contributed by atoms with van der Waals surface area (Å²) in [6.07, 6.45) is 4.91. The van der Waals surface area contributed by atoms with Crippen molar-refractivity contribution >= 4 is 10.0 Å². The van der Waals surface area contributed by atoms with E-state index in [-0.39, 0.29) is 11.5 Å². The van der Waals surface area contributed by atoms with Crippen LogP contribution in [0.25, 0.3) is 0 Å². The molecule has 0 aliphatic heterocycles. The van der Waals surface area contributed by atoms with Crippen molar-refractivity contribution in [3.05, 3.63) is 102 Å². The van der Waals surface area contributed by atoms with Crippen molar-refractivity contribution in [3.63, 3.8) is 0 Å². The number of benzene rings is 3. The van der Waals surface area contributed by atoms with Crippen molar-refractivity contribution in [1.82, 2.24) is 10.0 Å². The molecule has 0 unspecified atom stereocenters. The van der Waals surface area contributed by atoms with Crippen LogP contribution >= 0.6 is 0 Å². The minimum absolute atomic E-state index is 0.117. The smallest absolute Gasteiger partial charge is 0.208 e. The summed E-state index contributed by atoms with van der Waals surface area (Å²) in [6.45, 7) is 0.395. The number of sulfonamides is 1. The molecule has 4 rings (SSSR count). The fraction of sp³-hybridized carbons (Fsp3) is 0.357. The Labute approximate surface area is 203 Å². The topological polar surface area (TPSA) is 67.4 Å². The Morgan fingerprint density at radius 1 is 0.912 bits per heavy atom. The van der Waals surface area contributed by atoms with Crippen LogP contribution in [-0.4, -0.2) is 34.4 Å². The van der Waals surface area contributed by atoms with E-state index >= 15 is 0 Å². The molecular formula is C28H34N2O3S. The van der Waals surface area contributed by atoms with Crippen LogP contribution in [0, 0.1) is 0 Å². The van der Waals surface area contributed by atoms with Gasteiger partial charge in [-0.05, 0) is 54.5 Å². The van der Waals surface area contributed by atoms with E-state index in [0.717, 1.165) is 37.0 Å². The van der Waals surface area contributed by atoms with Gasteiger partial charge in [-0.3, -0.25) is 0 Å². The van der Waals surface area contributed by atoms with Crippen molar-refractivity contribution in [3.8, 4) is 5.75 Å². The molecule has 34 heavy (non-hydrogen) atoms. The molecule has 0 spiro atoms. The first-order valence-corrected chi connectivity index (χ1v) is 13.7. The Morgan fingerprint density at radius 2 is 1.50 bits per heavy atom. The predicted octanol–water partition coefficient (Wildman–Crippen LogP) is 4.80. The van der Waals surface area contributed by atoms with E-state index in [9.17, 15) is 8.42 Å². The SMILES string of the molecule is COc1cccc(C2(CNS(C)(=O)=O)CCC(NC(c3ccccc3)c3ccccc3)CC2)c1. The first-order chi connectivity index (χ1) is 16.4. The van der Waals surface area contributed by atoms with E-state index in [0.29, 0.717) is 12.6 Å². The Bertz CT molecular complexity index is 1120. The third kappa shape index (κ3) is 6.06. The maximum absolute atomic E-state index is 11.9. The largest absolute Gasteiger partial charge is 0.497 e. The zero-order valence-electron chi connectivity index (χ0n) is 19.9. The van der Waals surface area contributed by atoms with Crippen molar-refractivity contribution in [2.45, 2.75) is 43.2 Å². The molecule has 0 radical (unpaired) electrons. The molecule has 1 saturated carbocycles. The first-order valence-electron chi connectivity index (χ1n) is 11.8. The summed E-state index contributed by atoms with van der Waals surface area (Å²) in [5.41, 5.74) is 3.36. The van der Waals surface area contributed by atoms with E-state index in [4.69, 9.17) is 4.74 Å². The summed E-state index contributed by atoms with van der Waals surface area (Å²) < 4.78 is 32.1. The molecule has 1 aliphatic rings. The van der Waals surface area contributed by atoms with Gasteiger partial charge in [-0.25, -0.2) is 13.1 Å². The average Bonchev–Trinajstić information content (AvgIpc) is 2.87. The summed E-state index contributed by atoms with van der Waals surface area (Å²) >= 11 is 0. The van der Waals surface area contributed by atoms with Crippen molar-refractivity contribution in [1.29, 1.82) is 0 Å². The highest BCUT2D eigenvalue weighted by Crippen LogP contribution is 2.41. The molecule has 0 saturated heterocycles. The van der Waals surface area contributed by atoms with Gasteiger partial charge >= 0.3 is 0 Å². The second-order valence-corrected chi connectivity index (χ2v) is 11.1. The molecule has 0 aromatic heterocycles. The number of ether oxygens (including phenoxy) is 1. The molecule has 0 bridgehead atoms. The molecule has 1 fully saturated rings. The van der Waals surface area contributed by atoms with E-state index in [2.05, 4.69) is 70.7 Å².